The normalized spacial score (nSPS) is 10.2. The number of aliphatic carboxylic acids is 3. The van der Waals surface area contributed by atoms with Crippen molar-refractivity contribution in [3.05, 3.63) is 173 Å². The fourth-order valence-electron chi connectivity index (χ4n) is 7.11. The summed E-state index contributed by atoms with van der Waals surface area (Å²) in [7, 11) is 0. The molecule has 96 heavy (non-hydrogen) atoms. The van der Waals surface area contributed by atoms with Gasteiger partial charge >= 0.3 is 18.5 Å². The van der Waals surface area contributed by atoms with Gasteiger partial charge in [-0.05, 0) is 121 Å². The Morgan fingerprint density at radius 1 is 0.406 bits per heavy atom. The number of carbonyl (C=O) groups excluding carboxylic acids is 6. The van der Waals surface area contributed by atoms with Crippen LogP contribution < -0.4 is 14.2 Å². The zero-order valence-electron chi connectivity index (χ0n) is 53.2. The number of allylic oxidation sites excluding steroid dienone is 2. The van der Waals surface area contributed by atoms with Gasteiger partial charge in [-0.1, -0.05) is 124 Å². The molecule has 6 aromatic carbocycles. The van der Waals surface area contributed by atoms with Gasteiger partial charge < -0.3 is 34.6 Å². The van der Waals surface area contributed by atoms with Crippen LogP contribution in [0.15, 0.2) is 139 Å². The topological polar surface area (TPSA) is 262 Å². The molecule has 16 nitrogen and oxygen atoms in total. The molecule has 0 unspecified atom stereocenters. The van der Waals surface area contributed by atoms with Gasteiger partial charge in [0.2, 0.25) is 11.5 Å². The first kappa shape index (κ1) is 100. The third kappa shape index (κ3) is 42.0. The Labute approximate surface area is 635 Å². The van der Waals surface area contributed by atoms with Crippen molar-refractivity contribution >= 4 is 54.1 Å². The molecule has 0 aliphatic heterocycles. The summed E-state index contributed by atoms with van der Waals surface area (Å²) in [6.07, 6.45) is -14.6. The number of rotatable bonds is 15. The van der Waals surface area contributed by atoms with Gasteiger partial charge in [-0.3, -0.25) is 43.2 Å². The van der Waals surface area contributed by atoms with E-state index in [4.69, 9.17) is 49.0 Å². The number of carboxylic acids is 3. The van der Waals surface area contributed by atoms with Crippen LogP contribution in [0.3, 0.4) is 0 Å². The van der Waals surface area contributed by atoms with Crippen LogP contribution in [-0.2, 0) is 28.8 Å². The largest absolute Gasteiger partial charge is 0.504 e. The van der Waals surface area contributed by atoms with E-state index in [1.54, 1.807) is 0 Å². The molecule has 530 valence electrons. The molecule has 0 saturated heterocycles. The van der Waals surface area contributed by atoms with Gasteiger partial charge in [0, 0.05) is 159 Å². The Bertz CT molecular complexity index is 3140. The monoisotopic (exact) mass is 1640 g/mol. The van der Waals surface area contributed by atoms with E-state index >= 15 is 0 Å². The van der Waals surface area contributed by atoms with Crippen LogP contribution in [0.2, 0.25) is 0 Å². The molecule has 0 aromatic heterocycles. The molecule has 0 bridgehead atoms. The van der Waals surface area contributed by atoms with Crippen molar-refractivity contribution in [2.75, 3.05) is 0 Å². The van der Waals surface area contributed by atoms with Crippen LogP contribution in [0.5, 0.6) is 17.2 Å². The molecule has 27 heteroatoms. The van der Waals surface area contributed by atoms with E-state index in [1.165, 1.54) is 0 Å². The third-order valence-electron chi connectivity index (χ3n) is 10.4. The summed E-state index contributed by atoms with van der Waals surface area (Å²) in [4.78, 5) is 90.4. The number of carbonyl (C=O) groups is 9. The minimum Gasteiger partial charge on any atom is -0.504 e. The number of aliphatic hydroxyl groups is 1. The molecule has 0 atom stereocenters. The summed E-state index contributed by atoms with van der Waals surface area (Å²) in [5, 5.41) is 30.2. The number of Topliss-reactive ketones (excluding diaryl/α,β-unsaturated/α-hetero) is 2. The van der Waals surface area contributed by atoms with Crippen LogP contribution in [-0.4, -0.2) is 111 Å². The van der Waals surface area contributed by atoms with Crippen LogP contribution in [0, 0.1) is 120 Å². The van der Waals surface area contributed by atoms with Gasteiger partial charge in [0.25, 0.3) is 23.7 Å². The molecule has 0 fully saturated rings. The maximum atomic E-state index is 11.4. The predicted octanol–water partition coefficient (Wildman–Crippen LogP) is 17.5. The Balaban J connectivity index is -0.000000253. The Kier molecular flexibility index (Phi) is 52.8. The average Bonchev–Trinajstić information content (AvgIpc) is 0.899. The van der Waals surface area contributed by atoms with Gasteiger partial charge in [-0.15, -0.1) is 0 Å². The quantitative estimate of drug-likeness (QED) is 0.0245. The van der Waals surface area contributed by atoms with Crippen molar-refractivity contribution in [2.24, 2.45) is 0 Å². The van der Waals surface area contributed by atoms with Gasteiger partial charge in [0.1, 0.15) is 23.0 Å². The molecular weight excluding hydrogens is 1560 g/mol. The van der Waals surface area contributed by atoms with E-state index in [-0.39, 0.29) is 132 Å². The zero-order chi connectivity index (χ0) is 71.4. The fraction of sp³-hybridized carbons (Fsp3) is 0.319. The molecule has 6 aromatic rings. The number of aliphatic hydroxyl groups excluding tert-OH is 1. The Morgan fingerprint density at radius 2 is 0.646 bits per heavy atom. The number of ketones is 3. The number of aryl methyl sites for hydroxylation is 3. The van der Waals surface area contributed by atoms with Crippen molar-refractivity contribution in [2.45, 2.75) is 148 Å². The van der Waals surface area contributed by atoms with E-state index in [0.29, 0.717) is 16.7 Å². The van der Waals surface area contributed by atoms with Crippen LogP contribution >= 0.6 is 0 Å². The summed E-state index contributed by atoms with van der Waals surface area (Å²) >= 11 is 0. The second-order valence-electron chi connectivity index (χ2n) is 19.7. The molecule has 0 aliphatic carbocycles. The molecule has 2 radical (unpaired) electrons. The minimum atomic E-state index is -5.42. The van der Waals surface area contributed by atoms with Crippen LogP contribution in [0.1, 0.15) is 138 Å². The van der Waals surface area contributed by atoms with Crippen LogP contribution in [0.4, 0.5) is 39.5 Å². The molecule has 4 N–H and O–H groups in total. The van der Waals surface area contributed by atoms with Crippen molar-refractivity contribution in [3.8, 4) is 50.6 Å². The van der Waals surface area contributed by atoms with E-state index in [2.05, 4.69) is 0 Å². The van der Waals surface area contributed by atoms with Crippen molar-refractivity contribution in [1.82, 2.24) is 0 Å². The summed E-state index contributed by atoms with van der Waals surface area (Å²) in [6.45, 7) is 22.3. The summed E-state index contributed by atoms with van der Waals surface area (Å²) in [6, 6.07) is 40.6. The zero-order valence-corrected chi connectivity index (χ0v) is 58.1. The molecular formula is C69H81Eu2F9O16. The summed E-state index contributed by atoms with van der Waals surface area (Å²) in [5.74, 6) is -8.13. The number of alkyl halides is 9. The Morgan fingerprint density at radius 3 is 0.823 bits per heavy atom. The molecule has 0 saturated carbocycles. The first-order chi connectivity index (χ1) is 42.5. The maximum Gasteiger partial charge on any atom is 0.454 e. The first-order valence-corrected chi connectivity index (χ1v) is 27.2. The van der Waals surface area contributed by atoms with Gasteiger partial charge in [0.05, 0.1) is 24.7 Å². The van der Waals surface area contributed by atoms with Crippen LogP contribution in [0.25, 0.3) is 33.4 Å². The van der Waals surface area contributed by atoms with Crippen molar-refractivity contribution < 1.29 is 216 Å². The second-order valence-corrected chi connectivity index (χ2v) is 19.7. The van der Waals surface area contributed by atoms with Gasteiger partial charge in [-0.25, -0.2) is 0 Å². The Hall–Kier alpha value is -6.77. The minimum absolute atomic E-state index is 0. The van der Waals surface area contributed by atoms with E-state index < -0.39 is 72.0 Å². The number of hydrogen-bond donors (Lipinski definition) is 4. The van der Waals surface area contributed by atoms with E-state index in [0.717, 1.165) is 114 Å². The van der Waals surface area contributed by atoms with Crippen molar-refractivity contribution in [1.29, 1.82) is 0 Å². The van der Waals surface area contributed by atoms with E-state index in [1.807, 2.05) is 190 Å². The number of aldehydes is 3. The SMILES string of the molecule is C.C.CC(=O)CC(=O)C(F)(F)F.CC(=O)O.CC(=O)O.CC(=O)O.Cc1cccc(OC(C)C)c1-c1ccccc1C=O.Cc1cccc(OC(C)C)c1-c1ccccc1C=O.Cc1cccc(OC(C)C)c1-c1ccccc1C=O.O=C(C=C(O)C(F)(F)F)C(F)(F)F.[Eu].[Eu]. The number of ether oxygens (including phenoxy) is 3. The molecule has 0 amide bonds. The summed E-state index contributed by atoms with van der Waals surface area (Å²) < 4.78 is 120. The second kappa shape index (κ2) is 50.6. The van der Waals surface area contributed by atoms with Gasteiger partial charge in [-0.2, -0.15) is 39.5 Å². The fourth-order valence-corrected chi connectivity index (χ4v) is 7.11. The van der Waals surface area contributed by atoms with Gasteiger partial charge in [0.15, 0.2) is 18.9 Å². The molecule has 0 spiro atoms. The standard InChI is InChI=1S/3C17H18O2.C5H2F6O2.C5H5F3O2.3C2H4O2.2CH4.2Eu/c3*1-12(2)19-16-10-6-7-13(3)17(16)15-9-5-4-8-14(15)11-18;6-4(7,8)2(12)1-3(13)5(9,10)11;1-3(9)2-4(10)5(6,7)8;3*1-2(3)4;;;;/h3*4-12H,1-3H3;1,12H;2H2,1H3;3*1H3,(H,3,4);2*1H4;;. The number of hydrogen-bond acceptors (Lipinski definition) is 13. The van der Waals surface area contributed by atoms with E-state index in [9.17, 15) is 68.3 Å². The summed E-state index contributed by atoms with van der Waals surface area (Å²) in [5.41, 5.74) is 11.1. The molecule has 0 heterocycles. The number of halogens is 9. The smallest absolute Gasteiger partial charge is 0.454 e. The molecule has 0 aliphatic rings. The number of benzene rings is 6. The predicted molar refractivity (Wildman–Crippen MR) is 341 cm³/mol. The average molecular weight is 1640 g/mol. The number of carboxylic acid groups (broad SMARTS) is 3. The van der Waals surface area contributed by atoms with Crippen molar-refractivity contribution in [3.63, 3.8) is 0 Å². The first-order valence-electron chi connectivity index (χ1n) is 27.2. The maximum absolute atomic E-state index is 11.4. The molecule has 6 rings (SSSR count). The third-order valence-corrected chi connectivity index (χ3v) is 10.4.